The first-order chi connectivity index (χ1) is 26.0. The second kappa shape index (κ2) is 20.8. The molecule has 6 amide bonds. The third kappa shape index (κ3) is 14.9. The highest BCUT2D eigenvalue weighted by Gasteiger charge is 2.30. The normalized spacial score (nSPS) is 22.0. The summed E-state index contributed by atoms with van der Waals surface area (Å²) in [5, 5.41) is 21.1. The second-order valence-corrected chi connectivity index (χ2v) is 13.5. The molecule has 17 N–H and O–H groups in total. The van der Waals surface area contributed by atoms with Crippen molar-refractivity contribution in [2.24, 2.45) is 50.3 Å². The van der Waals surface area contributed by atoms with Crippen molar-refractivity contribution >= 4 is 53.0 Å². The van der Waals surface area contributed by atoms with E-state index in [1.165, 1.54) is 10.9 Å². The van der Waals surface area contributed by atoms with Gasteiger partial charge in [-0.25, -0.2) is 4.99 Å². The molecule has 300 valence electrons. The maximum absolute atomic E-state index is 13.6. The number of hydrogen-bond acceptors (Lipinski definition) is 11. The van der Waals surface area contributed by atoms with Crippen LogP contribution in [-0.4, -0.2) is 106 Å². The highest BCUT2D eigenvalue weighted by Crippen LogP contribution is 2.15. The molecule has 5 atom stereocenters. The number of nitrogens with one attached hydrogen (secondary N) is 5. The number of aromatic nitrogens is 3. The summed E-state index contributed by atoms with van der Waals surface area (Å²) in [7, 11) is 0. The van der Waals surface area contributed by atoms with Crippen LogP contribution in [0.2, 0.25) is 0 Å². The number of carbonyl (C=O) groups is 6. The van der Waals surface area contributed by atoms with Crippen LogP contribution >= 0.6 is 0 Å². The Morgan fingerprint density at radius 1 is 0.873 bits per heavy atom. The van der Waals surface area contributed by atoms with Gasteiger partial charge in [0.1, 0.15) is 24.2 Å². The molecule has 0 radical (unpaired) electrons. The zero-order chi connectivity index (χ0) is 40.7. The van der Waals surface area contributed by atoms with E-state index in [-0.39, 0.29) is 69.5 Å². The van der Waals surface area contributed by atoms with Gasteiger partial charge in [0.15, 0.2) is 11.9 Å². The molecule has 2 aromatic rings. The van der Waals surface area contributed by atoms with Gasteiger partial charge in [-0.15, -0.1) is 5.10 Å². The van der Waals surface area contributed by atoms with Gasteiger partial charge in [0.25, 0.3) is 0 Å². The van der Waals surface area contributed by atoms with E-state index in [2.05, 4.69) is 46.9 Å². The maximum Gasteiger partial charge on any atom is 0.243 e. The van der Waals surface area contributed by atoms with Crippen LogP contribution in [0.15, 0.2) is 40.4 Å². The van der Waals surface area contributed by atoms with Crippen molar-refractivity contribution in [2.45, 2.75) is 89.1 Å². The summed E-state index contributed by atoms with van der Waals surface area (Å²) in [6.07, 6.45) is 1.98. The highest BCUT2D eigenvalue weighted by atomic mass is 16.2. The fraction of sp³-hybridized carbons (Fsp3) is 0.515. The zero-order valence-electron chi connectivity index (χ0n) is 30.9. The SMILES string of the molecule is CC(C)C[C@@H]1NC(=O)C(N)Cc2cn(nn2)CC[C@H](C(N)=O)NC(=O)[C@H](Cc2ccc(N=C(N)N)cc2)NC(=O)CNC(=O)C(CCCN=C(N)N)NC1=O. The number of rotatable bonds is 10. The summed E-state index contributed by atoms with van der Waals surface area (Å²) in [4.78, 5) is 87.5. The van der Waals surface area contributed by atoms with Crippen molar-refractivity contribution in [3.63, 3.8) is 0 Å². The largest absolute Gasteiger partial charge is 0.370 e. The number of nitrogens with two attached hydrogens (primary N) is 6. The first kappa shape index (κ1) is 43.1. The number of aryl methyl sites for hydroxylation is 1. The molecule has 55 heavy (non-hydrogen) atoms. The topological polar surface area (TPSA) is 374 Å². The van der Waals surface area contributed by atoms with Crippen LogP contribution in [0.4, 0.5) is 5.69 Å². The predicted molar refractivity (Wildman–Crippen MR) is 201 cm³/mol. The lowest BCUT2D eigenvalue weighted by Crippen LogP contribution is -2.57. The summed E-state index contributed by atoms with van der Waals surface area (Å²) in [5.41, 5.74) is 35.0. The smallest absolute Gasteiger partial charge is 0.243 e. The molecule has 0 saturated carbocycles. The lowest BCUT2D eigenvalue weighted by molar-refractivity contribution is -0.134. The number of hydrogen-bond donors (Lipinski definition) is 11. The van der Waals surface area contributed by atoms with Crippen molar-refractivity contribution in [1.82, 2.24) is 41.6 Å². The Hall–Kier alpha value is -6.32. The lowest BCUT2D eigenvalue weighted by Gasteiger charge is -2.25. The first-order valence-corrected chi connectivity index (χ1v) is 17.7. The Morgan fingerprint density at radius 2 is 1.55 bits per heavy atom. The Kier molecular flexibility index (Phi) is 16.3. The molecular weight excluding hydrogens is 716 g/mol. The number of guanidine groups is 2. The molecule has 2 unspecified atom stereocenters. The van der Waals surface area contributed by atoms with Crippen LogP contribution in [-0.2, 0) is 48.2 Å². The quantitative estimate of drug-likeness (QED) is 0.0616. The van der Waals surface area contributed by atoms with E-state index >= 15 is 0 Å². The van der Waals surface area contributed by atoms with Gasteiger partial charge in [-0.2, -0.15) is 0 Å². The molecule has 1 aromatic carbocycles. The van der Waals surface area contributed by atoms with E-state index in [4.69, 9.17) is 34.4 Å². The summed E-state index contributed by atoms with van der Waals surface area (Å²) >= 11 is 0. The third-order valence-electron chi connectivity index (χ3n) is 8.29. The molecule has 0 aliphatic carbocycles. The Labute approximate surface area is 317 Å². The maximum atomic E-state index is 13.6. The standard InChI is InChI=1S/C33H52N16O6/c1-17(2)12-24-30(54)45-23(4-3-10-40-32(36)37)29(53)41-15-26(50)43-25(13-18-5-7-19(8-6-18)42-33(38)39)31(55)44-22(27(35)51)9-11-49-16-20(47-48-49)14-21(34)28(52)46-24/h5-8,16-17,21-25H,3-4,9-15,34H2,1-2H3,(H2,35,51)(H,41,53)(H,43,50)(H,44,55)(H,45,54)(H,46,52)(H4,36,37,40)(H4,38,39,42)/t21?,22-,23?,24+,25+/m1/s1. The van der Waals surface area contributed by atoms with Gasteiger partial charge in [-0.3, -0.25) is 38.4 Å². The summed E-state index contributed by atoms with van der Waals surface area (Å²) < 4.78 is 1.40. The zero-order valence-corrected chi connectivity index (χ0v) is 30.9. The van der Waals surface area contributed by atoms with Crippen LogP contribution in [0.5, 0.6) is 0 Å². The number of primary amides is 1. The van der Waals surface area contributed by atoms with Gasteiger partial charge in [0.05, 0.1) is 24.0 Å². The lowest BCUT2D eigenvalue weighted by atomic mass is 10.0. The first-order valence-electron chi connectivity index (χ1n) is 17.7. The minimum atomic E-state index is -1.24. The van der Waals surface area contributed by atoms with E-state index in [9.17, 15) is 28.8 Å². The third-order valence-corrected chi connectivity index (χ3v) is 8.29. The molecule has 22 heteroatoms. The molecule has 1 aliphatic rings. The molecule has 3 rings (SSSR count). The number of nitrogens with zero attached hydrogens (tertiary/aromatic N) is 5. The molecule has 0 spiro atoms. The van der Waals surface area contributed by atoms with Crippen LogP contribution in [0, 0.1) is 5.92 Å². The van der Waals surface area contributed by atoms with Crippen molar-refractivity contribution in [1.29, 1.82) is 0 Å². The average Bonchev–Trinajstić information content (AvgIpc) is 3.56. The van der Waals surface area contributed by atoms with Crippen molar-refractivity contribution in [2.75, 3.05) is 13.1 Å². The summed E-state index contributed by atoms with van der Waals surface area (Å²) in [6.45, 7) is 3.35. The van der Waals surface area contributed by atoms with Gasteiger partial charge in [-0.05, 0) is 49.3 Å². The summed E-state index contributed by atoms with van der Waals surface area (Å²) in [5.74, 6) is -4.72. The highest BCUT2D eigenvalue weighted by molar-refractivity contribution is 5.95. The second-order valence-electron chi connectivity index (χ2n) is 13.5. The predicted octanol–water partition coefficient (Wildman–Crippen LogP) is -4.66. The van der Waals surface area contributed by atoms with Gasteiger partial charge < -0.3 is 61.0 Å². The van der Waals surface area contributed by atoms with E-state index in [1.807, 2.05) is 13.8 Å². The number of benzene rings is 1. The van der Waals surface area contributed by atoms with Gasteiger partial charge in [-0.1, -0.05) is 31.2 Å². The van der Waals surface area contributed by atoms with Gasteiger partial charge in [0, 0.05) is 32.1 Å². The molecule has 1 aliphatic heterocycles. The molecular formula is C33H52N16O6. The van der Waals surface area contributed by atoms with E-state index in [0.717, 1.165) is 0 Å². The molecule has 2 heterocycles. The number of aliphatic imine (C=N–C) groups is 2. The van der Waals surface area contributed by atoms with Crippen LogP contribution < -0.4 is 61.0 Å². The van der Waals surface area contributed by atoms with Crippen LogP contribution in [0.3, 0.4) is 0 Å². The fourth-order valence-electron chi connectivity index (χ4n) is 5.54. The van der Waals surface area contributed by atoms with Crippen LogP contribution in [0.1, 0.15) is 50.8 Å². The number of amides is 6. The molecule has 2 bridgehead atoms. The van der Waals surface area contributed by atoms with E-state index in [0.29, 0.717) is 16.9 Å². The fourth-order valence-corrected chi connectivity index (χ4v) is 5.54. The van der Waals surface area contributed by atoms with Gasteiger partial charge >= 0.3 is 0 Å². The Balaban J connectivity index is 1.95. The van der Waals surface area contributed by atoms with Crippen LogP contribution in [0.25, 0.3) is 0 Å². The molecule has 0 saturated heterocycles. The Morgan fingerprint density at radius 3 is 2.18 bits per heavy atom. The molecule has 22 nitrogen and oxygen atoms in total. The van der Waals surface area contributed by atoms with Gasteiger partial charge in [0.2, 0.25) is 35.4 Å². The average molecular weight is 769 g/mol. The Bertz CT molecular complexity index is 1720. The van der Waals surface area contributed by atoms with E-state index < -0.39 is 72.2 Å². The van der Waals surface area contributed by atoms with Crippen molar-refractivity contribution in [3.8, 4) is 0 Å². The molecule has 1 aromatic heterocycles. The minimum absolute atomic E-state index is 0.00306. The number of carbonyl (C=O) groups excluding carboxylic acids is 6. The van der Waals surface area contributed by atoms with E-state index in [1.54, 1.807) is 24.3 Å². The summed E-state index contributed by atoms with van der Waals surface area (Å²) in [6, 6.07) is 0.710. The number of fused-ring (bicyclic) bond motifs is 2. The monoisotopic (exact) mass is 768 g/mol. The minimum Gasteiger partial charge on any atom is -0.370 e. The van der Waals surface area contributed by atoms with Crippen molar-refractivity contribution < 1.29 is 28.8 Å². The van der Waals surface area contributed by atoms with Crippen molar-refractivity contribution in [3.05, 3.63) is 41.7 Å². The molecule has 0 fully saturated rings.